The molecule has 0 spiro atoms. The van der Waals surface area contributed by atoms with Crippen molar-refractivity contribution in [1.29, 1.82) is 0 Å². The van der Waals surface area contributed by atoms with Crippen LogP contribution in [-0.2, 0) is 21.0 Å². The van der Waals surface area contributed by atoms with Crippen LogP contribution in [0.4, 0.5) is 32.0 Å². The van der Waals surface area contributed by atoms with Gasteiger partial charge in [-0.25, -0.2) is 12.8 Å². The minimum Gasteiger partial charge on any atom is -0.486 e. The van der Waals surface area contributed by atoms with E-state index < -0.39 is 68.9 Å². The molecule has 1 saturated carbocycles. The number of halogens is 6. The number of anilines is 1. The summed E-state index contributed by atoms with van der Waals surface area (Å²) in [6.07, 6.45) is -4.45. The minimum atomic E-state index is -4.82. The van der Waals surface area contributed by atoms with Gasteiger partial charge in [-0.05, 0) is 66.4 Å². The van der Waals surface area contributed by atoms with Crippen LogP contribution >= 0.6 is 0 Å². The smallest absolute Gasteiger partial charge is 0.416 e. The first-order valence-electron chi connectivity index (χ1n) is 12.7. The van der Waals surface area contributed by atoms with E-state index in [1.54, 1.807) is 0 Å². The van der Waals surface area contributed by atoms with E-state index >= 15 is 0 Å². The summed E-state index contributed by atoms with van der Waals surface area (Å²) in [5.41, 5.74) is -2.21. The van der Waals surface area contributed by atoms with E-state index in [0.717, 1.165) is 40.7 Å². The van der Waals surface area contributed by atoms with Crippen LogP contribution in [0.1, 0.15) is 31.2 Å². The molecule has 1 aliphatic heterocycles. The Morgan fingerprint density at radius 1 is 1.07 bits per heavy atom. The summed E-state index contributed by atoms with van der Waals surface area (Å²) >= 11 is 0. The second-order valence-electron chi connectivity index (χ2n) is 10.2. The summed E-state index contributed by atoms with van der Waals surface area (Å²) < 4.78 is 119. The molecule has 3 aromatic carbocycles. The van der Waals surface area contributed by atoms with Gasteiger partial charge in [0.1, 0.15) is 23.4 Å². The highest BCUT2D eigenvalue weighted by molar-refractivity contribution is 7.92. The van der Waals surface area contributed by atoms with Crippen LogP contribution in [0, 0.1) is 11.2 Å². The molecule has 0 aromatic heterocycles. The fourth-order valence-corrected chi connectivity index (χ4v) is 6.78. The lowest BCUT2D eigenvalue weighted by Gasteiger charge is -2.43. The van der Waals surface area contributed by atoms with Crippen molar-refractivity contribution in [2.45, 2.75) is 49.5 Å². The summed E-state index contributed by atoms with van der Waals surface area (Å²) in [5, 5.41) is 9.80. The number of fused-ring (bicyclic) bond motifs is 1. The standard InChI is InChI=1S/C28H23F6NO6S/c29-19-9-17(10-20(13-19)41-26(30)31)16-5-6-24-23(11-16)35(15-21(40-24)14-27(25(36)37)7-2-8-27)42(38,39)22-4-1-3-18(12-22)28(32,33)34/h1,3-6,9-13,21,26H,2,7-8,14-15H2,(H,36,37)/t21-/m0/s1. The monoisotopic (exact) mass is 615 g/mol. The number of nitrogens with zero attached hydrogens (tertiary/aromatic N) is 1. The van der Waals surface area contributed by atoms with Gasteiger partial charge < -0.3 is 14.6 Å². The molecule has 3 aromatic rings. The zero-order chi connectivity index (χ0) is 30.4. The molecule has 42 heavy (non-hydrogen) atoms. The Morgan fingerprint density at radius 2 is 1.81 bits per heavy atom. The van der Waals surface area contributed by atoms with Crippen molar-refractivity contribution in [2.24, 2.45) is 5.41 Å². The fraction of sp³-hybridized carbons (Fsp3) is 0.321. The number of benzene rings is 3. The predicted molar refractivity (Wildman–Crippen MR) is 137 cm³/mol. The molecule has 0 amide bonds. The van der Waals surface area contributed by atoms with E-state index in [4.69, 9.17) is 4.74 Å². The first kappa shape index (κ1) is 29.5. The SMILES string of the molecule is O=C(O)C1(C[C@H]2CN(S(=O)(=O)c3cccc(C(F)(F)F)c3)c3cc(-c4cc(F)cc(OC(F)F)c4)ccc3O2)CCC1. The quantitative estimate of drug-likeness (QED) is 0.283. The van der Waals surface area contributed by atoms with E-state index in [1.807, 2.05) is 0 Å². The van der Waals surface area contributed by atoms with E-state index in [1.165, 1.54) is 18.2 Å². The van der Waals surface area contributed by atoms with Crippen LogP contribution in [-0.4, -0.2) is 38.8 Å². The molecule has 1 fully saturated rings. The van der Waals surface area contributed by atoms with Crippen molar-refractivity contribution >= 4 is 21.7 Å². The Hall–Kier alpha value is -3.94. The Balaban J connectivity index is 1.60. The van der Waals surface area contributed by atoms with Crippen LogP contribution in [0.2, 0.25) is 0 Å². The summed E-state index contributed by atoms with van der Waals surface area (Å²) in [5.74, 6) is -2.46. The zero-order valence-corrected chi connectivity index (χ0v) is 22.4. The third-order valence-corrected chi connectivity index (χ3v) is 9.23. The van der Waals surface area contributed by atoms with Crippen LogP contribution in [0.5, 0.6) is 11.5 Å². The topological polar surface area (TPSA) is 93.1 Å². The normalized spacial score (nSPS) is 18.2. The maximum atomic E-state index is 14.2. The van der Waals surface area contributed by atoms with E-state index in [2.05, 4.69) is 4.74 Å². The van der Waals surface area contributed by atoms with Crippen molar-refractivity contribution in [3.05, 3.63) is 72.0 Å². The largest absolute Gasteiger partial charge is 0.486 e. The average molecular weight is 616 g/mol. The van der Waals surface area contributed by atoms with Crippen LogP contribution in [0.25, 0.3) is 11.1 Å². The number of rotatable bonds is 8. The zero-order valence-electron chi connectivity index (χ0n) is 21.6. The number of alkyl halides is 5. The van der Waals surface area contributed by atoms with Crippen molar-refractivity contribution in [1.82, 2.24) is 0 Å². The van der Waals surface area contributed by atoms with E-state index in [9.17, 15) is 44.7 Å². The molecule has 0 bridgehead atoms. The Bertz CT molecular complexity index is 1620. The van der Waals surface area contributed by atoms with Gasteiger partial charge in [-0.3, -0.25) is 9.10 Å². The van der Waals surface area contributed by atoms with Crippen LogP contribution < -0.4 is 13.8 Å². The lowest BCUT2D eigenvalue weighted by molar-refractivity contribution is -0.156. The number of carboxylic acid groups (broad SMARTS) is 1. The van der Waals surface area contributed by atoms with Crippen LogP contribution in [0.15, 0.2) is 65.6 Å². The maximum absolute atomic E-state index is 14.2. The number of hydrogen-bond donors (Lipinski definition) is 1. The average Bonchev–Trinajstić information content (AvgIpc) is 2.88. The highest BCUT2D eigenvalue weighted by Crippen LogP contribution is 2.48. The number of carboxylic acids is 1. The van der Waals surface area contributed by atoms with Crippen molar-refractivity contribution < 1.29 is 54.1 Å². The molecule has 1 N–H and O–H groups in total. The number of hydrogen-bond acceptors (Lipinski definition) is 5. The van der Waals surface area contributed by atoms with Gasteiger partial charge in [-0.15, -0.1) is 0 Å². The van der Waals surface area contributed by atoms with Crippen molar-refractivity contribution in [3.8, 4) is 22.6 Å². The fourth-order valence-electron chi connectivity index (χ4n) is 5.23. The summed E-state index contributed by atoms with van der Waals surface area (Å²) in [7, 11) is -4.68. The second kappa shape index (κ2) is 10.7. The molecule has 224 valence electrons. The van der Waals surface area contributed by atoms with Gasteiger partial charge in [0.05, 0.1) is 28.1 Å². The molecule has 1 atom stereocenters. The number of ether oxygens (including phenoxy) is 2. The highest BCUT2D eigenvalue weighted by Gasteiger charge is 2.48. The summed E-state index contributed by atoms with van der Waals surface area (Å²) in [6.45, 7) is -3.65. The highest BCUT2D eigenvalue weighted by atomic mass is 32.2. The molecule has 2 aliphatic rings. The van der Waals surface area contributed by atoms with Gasteiger partial charge in [0, 0.05) is 12.5 Å². The molecule has 1 aliphatic carbocycles. The van der Waals surface area contributed by atoms with E-state index in [-0.39, 0.29) is 29.0 Å². The van der Waals surface area contributed by atoms with Gasteiger partial charge in [0.2, 0.25) is 0 Å². The molecule has 1 heterocycles. The lowest BCUT2D eigenvalue weighted by atomic mass is 9.65. The second-order valence-corrected chi connectivity index (χ2v) is 12.0. The van der Waals surface area contributed by atoms with E-state index in [0.29, 0.717) is 25.3 Å². The van der Waals surface area contributed by atoms with Gasteiger partial charge >= 0.3 is 18.8 Å². The molecule has 7 nitrogen and oxygen atoms in total. The summed E-state index contributed by atoms with van der Waals surface area (Å²) in [6, 6.07) is 10.1. The first-order chi connectivity index (χ1) is 19.7. The van der Waals surface area contributed by atoms with Gasteiger partial charge in [-0.2, -0.15) is 22.0 Å². The van der Waals surface area contributed by atoms with Gasteiger partial charge in [-0.1, -0.05) is 18.6 Å². The molecule has 0 radical (unpaired) electrons. The Kier molecular flexibility index (Phi) is 7.54. The van der Waals surface area contributed by atoms with Gasteiger partial charge in [0.15, 0.2) is 0 Å². The molecule has 0 saturated heterocycles. The Labute approximate surface area is 236 Å². The van der Waals surface area contributed by atoms with Crippen molar-refractivity contribution in [3.63, 3.8) is 0 Å². The maximum Gasteiger partial charge on any atom is 0.416 e. The molecular weight excluding hydrogens is 592 g/mol. The molecule has 5 rings (SSSR count). The van der Waals surface area contributed by atoms with Crippen LogP contribution in [0.3, 0.4) is 0 Å². The molecular formula is C28H23F6NO6S. The summed E-state index contributed by atoms with van der Waals surface area (Å²) in [4.78, 5) is 11.3. The third-order valence-electron chi connectivity index (χ3n) is 7.45. The minimum absolute atomic E-state index is 0.00845. The third kappa shape index (κ3) is 5.72. The number of aliphatic carboxylic acids is 1. The molecule has 14 heteroatoms. The lowest BCUT2D eigenvalue weighted by Crippen LogP contribution is -2.49. The first-order valence-corrected chi connectivity index (χ1v) is 14.1. The van der Waals surface area contributed by atoms with Gasteiger partial charge in [0.25, 0.3) is 10.0 Å². The Morgan fingerprint density at radius 3 is 2.43 bits per heavy atom. The predicted octanol–water partition coefficient (Wildman–Crippen LogP) is 6.71. The molecule has 0 unspecified atom stereocenters. The number of carbonyl (C=O) groups is 1. The number of sulfonamides is 1. The van der Waals surface area contributed by atoms with Crippen molar-refractivity contribution in [2.75, 3.05) is 10.8 Å².